The van der Waals surface area contributed by atoms with E-state index in [0.717, 1.165) is 11.5 Å². The van der Waals surface area contributed by atoms with Crippen molar-refractivity contribution in [1.29, 1.82) is 0 Å². The van der Waals surface area contributed by atoms with Crippen LogP contribution < -0.4 is 5.32 Å². The van der Waals surface area contributed by atoms with Crippen molar-refractivity contribution in [2.24, 2.45) is 5.92 Å². The smallest absolute Gasteiger partial charge is 0.326 e. The van der Waals surface area contributed by atoms with E-state index in [1.165, 1.54) is 11.3 Å². The number of aryl methyl sites for hydroxylation is 1. The second kappa shape index (κ2) is 6.66. The Balaban J connectivity index is 2.30. The first-order valence-electron chi connectivity index (χ1n) is 7.60. The largest absolute Gasteiger partial charge is 0.480 e. The summed E-state index contributed by atoms with van der Waals surface area (Å²) in [7, 11) is 0. The molecule has 0 spiro atoms. The number of nitrogens with zero attached hydrogens (tertiary/aromatic N) is 3. The quantitative estimate of drug-likeness (QED) is 0.843. The number of rotatable bonds is 6. The van der Waals surface area contributed by atoms with E-state index in [1.54, 1.807) is 0 Å². The van der Waals surface area contributed by atoms with E-state index < -0.39 is 12.0 Å². The van der Waals surface area contributed by atoms with E-state index in [1.807, 2.05) is 39.0 Å². The molecule has 2 aromatic heterocycles. The summed E-state index contributed by atoms with van der Waals surface area (Å²) in [6, 6.07) is -0.890. The molecular weight excluding hydrogens is 316 g/mol. The molecule has 1 amide bonds. The minimum Gasteiger partial charge on any atom is -0.480 e. The predicted octanol–water partition coefficient (Wildman–Crippen LogP) is 2.45. The Labute approximate surface area is 138 Å². The van der Waals surface area contributed by atoms with Crippen molar-refractivity contribution in [2.75, 3.05) is 0 Å². The normalized spacial score (nSPS) is 13.0. The monoisotopic (exact) mass is 338 g/mol. The van der Waals surface area contributed by atoms with Gasteiger partial charge in [-0.15, -0.1) is 10.2 Å². The van der Waals surface area contributed by atoms with Crippen LogP contribution in [0.25, 0.3) is 4.96 Å². The first-order chi connectivity index (χ1) is 10.7. The van der Waals surface area contributed by atoms with Gasteiger partial charge in [0.05, 0.1) is 0 Å². The molecule has 2 heterocycles. The van der Waals surface area contributed by atoms with Crippen LogP contribution in [0.15, 0.2) is 0 Å². The fourth-order valence-electron chi connectivity index (χ4n) is 2.43. The summed E-state index contributed by atoms with van der Waals surface area (Å²) in [5.41, 5.74) is 0.741. The van der Waals surface area contributed by atoms with Gasteiger partial charge in [-0.1, -0.05) is 39.0 Å². The van der Waals surface area contributed by atoms with Crippen LogP contribution in [0, 0.1) is 12.8 Å². The third-order valence-electron chi connectivity index (χ3n) is 3.55. The molecule has 0 fully saturated rings. The second-order valence-electron chi connectivity index (χ2n) is 6.34. The highest BCUT2D eigenvalue weighted by Crippen LogP contribution is 2.25. The van der Waals surface area contributed by atoms with Crippen molar-refractivity contribution in [1.82, 2.24) is 19.9 Å². The molecular formula is C15H22N4O3S. The van der Waals surface area contributed by atoms with Gasteiger partial charge in [0.25, 0.3) is 5.91 Å². The molecule has 8 heteroatoms. The minimum absolute atomic E-state index is 0.176. The Morgan fingerprint density at radius 1 is 1.26 bits per heavy atom. The van der Waals surface area contributed by atoms with E-state index in [-0.39, 0.29) is 17.7 Å². The number of fused-ring (bicyclic) bond motifs is 1. The van der Waals surface area contributed by atoms with E-state index in [9.17, 15) is 14.7 Å². The van der Waals surface area contributed by atoms with Crippen LogP contribution in [0.2, 0.25) is 0 Å². The van der Waals surface area contributed by atoms with Crippen LogP contribution in [-0.2, 0) is 4.79 Å². The SMILES string of the molecule is Cc1c(C(=O)NC(CC(C)C)C(=O)O)sc2nnc(C(C)C)n12. The number of carboxylic acid groups (broad SMARTS) is 1. The van der Waals surface area contributed by atoms with Crippen LogP contribution >= 0.6 is 11.3 Å². The highest BCUT2D eigenvalue weighted by molar-refractivity contribution is 7.19. The van der Waals surface area contributed by atoms with E-state index >= 15 is 0 Å². The molecule has 2 rings (SSSR count). The van der Waals surface area contributed by atoms with E-state index in [4.69, 9.17) is 0 Å². The van der Waals surface area contributed by atoms with E-state index in [0.29, 0.717) is 16.3 Å². The summed E-state index contributed by atoms with van der Waals surface area (Å²) in [4.78, 5) is 24.9. The van der Waals surface area contributed by atoms with Gasteiger partial charge in [0, 0.05) is 11.6 Å². The van der Waals surface area contributed by atoms with E-state index in [2.05, 4.69) is 15.5 Å². The molecule has 0 bridgehead atoms. The van der Waals surface area contributed by atoms with Gasteiger partial charge in [-0.25, -0.2) is 4.79 Å². The molecule has 126 valence electrons. The average Bonchev–Trinajstić information content (AvgIpc) is 2.98. The highest BCUT2D eigenvalue weighted by atomic mass is 32.1. The van der Waals surface area contributed by atoms with Crippen LogP contribution in [0.1, 0.15) is 61.2 Å². The van der Waals surface area contributed by atoms with Crippen molar-refractivity contribution >= 4 is 28.2 Å². The number of hydrogen-bond donors (Lipinski definition) is 2. The molecule has 7 nitrogen and oxygen atoms in total. The first-order valence-corrected chi connectivity index (χ1v) is 8.42. The minimum atomic E-state index is -1.02. The van der Waals surface area contributed by atoms with Crippen molar-refractivity contribution in [3.05, 3.63) is 16.4 Å². The molecule has 1 unspecified atom stereocenters. The van der Waals surface area contributed by atoms with Gasteiger partial charge in [0.1, 0.15) is 16.7 Å². The van der Waals surface area contributed by atoms with Crippen molar-refractivity contribution in [3.63, 3.8) is 0 Å². The standard InChI is InChI=1S/C15H22N4O3S/c1-7(2)6-10(14(21)22)16-13(20)11-9(5)19-12(8(3)4)17-18-15(19)23-11/h7-8,10H,6H2,1-5H3,(H,16,20)(H,21,22). The predicted molar refractivity (Wildman–Crippen MR) is 88.0 cm³/mol. The number of carbonyl (C=O) groups is 2. The number of aromatic nitrogens is 3. The van der Waals surface area contributed by atoms with Crippen LogP contribution in [0.3, 0.4) is 0 Å². The lowest BCUT2D eigenvalue weighted by Gasteiger charge is -2.16. The number of amides is 1. The summed E-state index contributed by atoms with van der Waals surface area (Å²) in [6.45, 7) is 9.69. The van der Waals surface area contributed by atoms with Gasteiger partial charge in [-0.2, -0.15) is 0 Å². The Hall–Kier alpha value is -1.96. The molecule has 0 aliphatic rings. The van der Waals surface area contributed by atoms with Gasteiger partial charge in [-0.3, -0.25) is 9.20 Å². The number of aliphatic carboxylic acids is 1. The lowest BCUT2D eigenvalue weighted by atomic mass is 10.0. The molecule has 0 aromatic carbocycles. The van der Waals surface area contributed by atoms with Gasteiger partial charge < -0.3 is 10.4 Å². The van der Waals surface area contributed by atoms with Gasteiger partial charge >= 0.3 is 5.97 Å². The van der Waals surface area contributed by atoms with Crippen LogP contribution in [0.5, 0.6) is 0 Å². The maximum absolute atomic E-state index is 12.5. The van der Waals surface area contributed by atoms with Gasteiger partial charge in [-0.05, 0) is 19.3 Å². The van der Waals surface area contributed by atoms with Gasteiger partial charge in [0.15, 0.2) is 0 Å². The lowest BCUT2D eigenvalue weighted by Crippen LogP contribution is -2.41. The molecule has 0 saturated carbocycles. The zero-order chi connectivity index (χ0) is 17.3. The molecule has 0 saturated heterocycles. The Bertz CT molecular complexity index is 732. The number of thiazole rings is 1. The fraction of sp³-hybridized carbons (Fsp3) is 0.600. The molecule has 23 heavy (non-hydrogen) atoms. The number of nitrogens with one attached hydrogen (secondary N) is 1. The maximum atomic E-state index is 12.5. The third kappa shape index (κ3) is 3.52. The zero-order valence-electron chi connectivity index (χ0n) is 14.0. The first kappa shape index (κ1) is 17.4. The maximum Gasteiger partial charge on any atom is 0.326 e. The Morgan fingerprint density at radius 2 is 1.91 bits per heavy atom. The van der Waals surface area contributed by atoms with Gasteiger partial charge in [0.2, 0.25) is 4.96 Å². The molecule has 1 atom stereocenters. The van der Waals surface area contributed by atoms with Crippen LogP contribution in [-0.4, -0.2) is 37.6 Å². The molecule has 0 radical (unpaired) electrons. The lowest BCUT2D eigenvalue weighted by molar-refractivity contribution is -0.139. The zero-order valence-corrected chi connectivity index (χ0v) is 14.8. The third-order valence-corrected chi connectivity index (χ3v) is 4.68. The molecule has 0 aliphatic carbocycles. The number of carbonyl (C=O) groups excluding carboxylic acids is 1. The summed E-state index contributed by atoms with van der Waals surface area (Å²) in [5, 5.41) is 20.1. The van der Waals surface area contributed by atoms with Crippen molar-refractivity contribution < 1.29 is 14.7 Å². The molecule has 0 aliphatic heterocycles. The summed E-state index contributed by atoms with van der Waals surface area (Å²) >= 11 is 1.23. The summed E-state index contributed by atoms with van der Waals surface area (Å²) in [6.07, 6.45) is 0.390. The van der Waals surface area contributed by atoms with Crippen molar-refractivity contribution in [3.8, 4) is 0 Å². The van der Waals surface area contributed by atoms with Crippen molar-refractivity contribution in [2.45, 2.75) is 53.0 Å². The Morgan fingerprint density at radius 3 is 2.43 bits per heavy atom. The number of carboxylic acids is 1. The second-order valence-corrected chi connectivity index (χ2v) is 7.32. The summed E-state index contributed by atoms with van der Waals surface area (Å²) in [5.74, 6) is -0.238. The molecule has 2 aromatic rings. The number of hydrogen-bond acceptors (Lipinski definition) is 5. The van der Waals surface area contributed by atoms with Crippen LogP contribution in [0.4, 0.5) is 0 Å². The Kier molecular flexibility index (Phi) is 5.03. The topological polar surface area (TPSA) is 96.6 Å². The molecule has 2 N–H and O–H groups in total. The average molecular weight is 338 g/mol. The highest BCUT2D eigenvalue weighted by Gasteiger charge is 2.26. The fourth-order valence-corrected chi connectivity index (χ4v) is 3.41. The summed E-state index contributed by atoms with van der Waals surface area (Å²) < 4.78 is 1.86.